The van der Waals surface area contributed by atoms with Gasteiger partial charge in [0.15, 0.2) is 0 Å². The van der Waals surface area contributed by atoms with Crippen LogP contribution in [-0.4, -0.2) is 18.5 Å². The Morgan fingerprint density at radius 3 is 2.60 bits per heavy atom. The molecule has 3 atom stereocenters. The Morgan fingerprint density at radius 2 is 2.00 bits per heavy atom. The molecule has 1 rings (SSSR count). The van der Waals surface area contributed by atoms with Crippen LogP contribution in [0.15, 0.2) is 0 Å². The zero-order chi connectivity index (χ0) is 15.2. The fourth-order valence-electron chi connectivity index (χ4n) is 3.23. The van der Waals surface area contributed by atoms with Gasteiger partial charge in [0, 0.05) is 18.5 Å². The molecule has 0 aromatic rings. The van der Waals surface area contributed by atoms with Gasteiger partial charge in [0.25, 0.3) is 0 Å². The maximum absolute atomic E-state index is 12.3. The fraction of sp³-hybridized carbons (Fsp3) is 0.941. The van der Waals surface area contributed by atoms with Crippen molar-refractivity contribution in [2.75, 3.05) is 6.54 Å². The van der Waals surface area contributed by atoms with Crippen molar-refractivity contribution < 1.29 is 4.79 Å². The number of hydrogen-bond acceptors (Lipinski definition) is 2. The molecule has 1 saturated carbocycles. The highest BCUT2D eigenvalue weighted by atomic mass is 16.1. The number of nitrogens with two attached hydrogens (primary N) is 1. The minimum atomic E-state index is 0.168. The lowest BCUT2D eigenvalue weighted by Gasteiger charge is -2.33. The van der Waals surface area contributed by atoms with Gasteiger partial charge in [-0.25, -0.2) is 0 Å². The topological polar surface area (TPSA) is 55.1 Å². The molecule has 0 saturated heterocycles. The molecule has 1 aliphatic rings. The Hall–Kier alpha value is -0.570. The van der Waals surface area contributed by atoms with E-state index in [9.17, 15) is 4.79 Å². The van der Waals surface area contributed by atoms with Crippen LogP contribution in [0.1, 0.15) is 72.6 Å². The minimum Gasteiger partial charge on any atom is -0.355 e. The maximum Gasteiger partial charge on any atom is 0.223 e. The summed E-state index contributed by atoms with van der Waals surface area (Å²) in [6.45, 7) is 9.69. The summed E-state index contributed by atoms with van der Waals surface area (Å²) in [5, 5.41) is 3.19. The smallest absolute Gasteiger partial charge is 0.223 e. The summed E-state index contributed by atoms with van der Waals surface area (Å²) < 4.78 is 0. The lowest BCUT2D eigenvalue weighted by molar-refractivity contribution is -0.128. The van der Waals surface area contributed by atoms with Crippen molar-refractivity contribution in [3.8, 4) is 0 Å². The maximum atomic E-state index is 12.3. The third kappa shape index (κ3) is 5.82. The van der Waals surface area contributed by atoms with E-state index in [-0.39, 0.29) is 17.2 Å². The Balaban J connectivity index is 2.34. The molecule has 3 heteroatoms. The Morgan fingerprint density at radius 1 is 1.30 bits per heavy atom. The number of unbranched alkanes of at least 4 members (excludes halogenated alkanes) is 2. The second-order valence-corrected chi connectivity index (χ2v) is 7.50. The molecule has 0 radical (unpaired) electrons. The second-order valence-electron chi connectivity index (χ2n) is 7.50. The molecule has 3 nitrogen and oxygen atoms in total. The average molecular weight is 282 g/mol. The highest BCUT2D eigenvalue weighted by Crippen LogP contribution is 2.29. The minimum absolute atomic E-state index is 0.168. The molecule has 1 aliphatic carbocycles. The van der Waals surface area contributed by atoms with Gasteiger partial charge in [0.05, 0.1) is 0 Å². The Labute approximate surface area is 125 Å². The normalized spacial score (nSPS) is 27.4. The third-order valence-corrected chi connectivity index (χ3v) is 4.74. The van der Waals surface area contributed by atoms with Gasteiger partial charge in [-0.15, -0.1) is 0 Å². The fourth-order valence-corrected chi connectivity index (χ4v) is 3.23. The molecule has 0 bridgehead atoms. The first-order valence-electron chi connectivity index (χ1n) is 8.39. The van der Waals surface area contributed by atoms with E-state index in [2.05, 4.69) is 33.0 Å². The van der Waals surface area contributed by atoms with Gasteiger partial charge in [0.2, 0.25) is 5.91 Å². The molecule has 1 amide bonds. The van der Waals surface area contributed by atoms with Crippen LogP contribution in [0.25, 0.3) is 0 Å². The second kappa shape index (κ2) is 8.02. The van der Waals surface area contributed by atoms with Crippen LogP contribution < -0.4 is 11.1 Å². The molecule has 118 valence electrons. The van der Waals surface area contributed by atoms with Crippen LogP contribution in [0, 0.1) is 17.3 Å². The van der Waals surface area contributed by atoms with E-state index in [4.69, 9.17) is 5.73 Å². The molecular weight excluding hydrogens is 248 g/mol. The first kappa shape index (κ1) is 17.5. The largest absolute Gasteiger partial charge is 0.355 e. The Kier molecular flexibility index (Phi) is 7.01. The summed E-state index contributed by atoms with van der Waals surface area (Å²) in [6.07, 6.45) is 7.90. The summed E-state index contributed by atoms with van der Waals surface area (Å²) in [4.78, 5) is 12.3. The molecule has 0 aliphatic heterocycles. The van der Waals surface area contributed by atoms with Crippen LogP contribution in [0.2, 0.25) is 0 Å². The molecule has 0 spiro atoms. The first-order valence-corrected chi connectivity index (χ1v) is 8.39. The predicted molar refractivity (Wildman–Crippen MR) is 85.4 cm³/mol. The predicted octanol–water partition coefficient (Wildman–Crippen LogP) is 3.47. The summed E-state index contributed by atoms with van der Waals surface area (Å²) in [5.74, 6) is 0.830. The van der Waals surface area contributed by atoms with Crippen LogP contribution in [0.3, 0.4) is 0 Å². The highest BCUT2D eigenvalue weighted by Gasteiger charge is 2.31. The zero-order valence-corrected chi connectivity index (χ0v) is 13.9. The van der Waals surface area contributed by atoms with Gasteiger partial charge >= 0.3 is 0 Å². The van der Waals surface area contributed by atoms with Crippen molar-refractivity contribution in [3.05, 3.63) is 0 Å². The van der Waals surface area contributed by atoms with E-state index in [1.807, 2.05) is 0 Å². The highest BCUT2D eigenvalue weighted by molar-refractivity contribution is 5.79. The van der Waals surface area contributed by atoms with Crippen LogP contribution in [-0.2, 0) is 4.79 Å². The van der Waals surface area contributed by atoms with Gasteiger partial charge in [0.1, 0.15) is 0 Å². The van der Waals surface area contributed by atoms with Crippen molar-refractivity contribution in [2.24, 2.45) is 23.0 Å². The molecule has 3 unspecified atom stereocenters. The van der Waals surface area contributed by atoms with Gasteiger partial charge < -0.3 is 11.1 Å². The van der Waals surface area contributed by atoms with Gasteiger partial charge in [-0.3, -0.25) is 4.79 Å². The molecule has 1 fully saturated rings. The van der Waals surface area contributed by atoms with Crippen molar-refractivity contribution in [2.45, 2.75) is 78.7 Å². The molecule has 3 N–H and O–H groups in total. The molecule has 20 heavy (non-hydrogen) atoms. The number of carbonyl (C=O) groups is 1. The SMILES string of the molecule is CCCCCC(C)(C)CNC(=O)C1CCC(N)CC1C. The van der Waals surface area contributed by atoms with Gasteiger partial charge in [-0.05, 0) is 37.0 Å². The monoisotopic (exact) mass is 282 g/mol. The number of hydrogen-bond donors (Lipinski definition) is 2. The third-order valence-electron chi connectivity index (χ3n) is 4.74. The van der Waals surface area contributed by atoms with Crippen molar-refractivity contribution in [1.82, 2.24) is 5.32 Å². The van der Waals surface area contributed by atoms with Crippen LogP contribution >= 0.6 is 0 Å². The van der Waals surface area contributed by atoms with E-state index in [0.29, 0.717) is 12.0 Å². The summed E-state index contributed by atoms with van der Waals surface area (Å²) in [7, 11) is 0. The quantitative estimate of drug-likeness (QED) is 0.702. The first-order chi connectivity index (χ1) is 9.35. The van der Waals surface area contributed by atoms with Crippen molar-refractivity contribution in [1.29, 1.82) is 0 Å². The summed E-state index contributed by atoms with van der Waals surface area (Å²) in [5.41, 5.74) is 6.17. The van der Waals surface area contributed by atoms with Crippen LogP contribution in [0.4, 0.5) is 0 Å². The number of amides is 1. The van der Waals surface area contributed by atoms with Crippen molar-refractivity contribution >= 4 is 5.91 Å². The molecule has 0 aromatic heterocycles. The van der Waals surface area contributed by atoms with Gasteiger partial charge in [-0.2, -0.15) is 0 Å². The Bertz CT molecular complexity index is 301. The lowest BCUT2D eigenvalue weighted by Crippen LogP contribution is -2.43. The van der Waals surface area contributed by atoms with E-state index in [1.165, 1.54) is 25.7 Å². The van der Waals surface area contributed by atoms with E-state index >= 15 is 0 Å². The summed E-state index contributed by atoms with van der Waals surface area (Å²) in [6, 6.07) is 0.291. The van der Waals surface area contributed by atoms with Crippen molar-refractivity contribution in [3.63, 3.8) is 0 Å². The number of nitrogens with one attached hydrogen (secondary N) is 1. The summed E-state index contributed by atoms with van der Waals surface area (Å²) >= 11 is 0. The van der Waals surface area contributed by atoms with Gasteiger partial charge in [-0.1, -0.05) is 47.0 Å². The van der Waals surface area contributed by atoms with Crippen LogP contribution in [0.5, 0.6) is 0 Å². The molecule has 0 heterocycles. The van der Waals surface area contributed by atoms with E-state index in [1.54, 1.807) is 0 Å². The average Bonchev–Trinajstić information content (AvgIpc) is 2.36. The lowest BCUT2D eigenvalue weighted by atomic mass is 9.77. The number of carbonyl (C=O) groups excluding carboxylic acids is 1. The molecule has 0 aromatic carbocycles. The van der Waals surface area contributed by atoms with E-state index in [0.717, 1.165) is 25.8 Å². The number of rotatable bonds is 7. The standard InChI is InChI=1S/C17H34N2O/c1-5-6-7-10-17(3,4)12-19-16(20)15-9-8-14(18)11-13(15)2/h13-15H,5-12,18H2,1-4H3,(H,19,20). The van der Waals surface area contributed by atoms with E-state index < -0.39 is 0 Å². The molecular formula is C17H34N2O. The zero-order valence-electron chi connectivity index (χ0n) is 13.9.